The van der Waals surface area contributed by atoms with Gasteiger partial charge in [0.25, 0.3) is 0 Å². The van der Waals surface area contributed by atoms with Gasteiger partial charge in [0.2, 0.25) is 0 Å². The van der Waals surface area contributed by atoms with Gasteiger partial charge in [0.1, 0.15) is 5.75 Å². The summed E-state index contributed by atoms with van der Waals surface area (Å²) >= 11 is 0. The van der Waals surface area contributed by atoms with E-state index < -0.39 is 13.5 Å². The summed E-state index contributed by atoms with van der Waals surface area (Å²) in [5.41, 5.74) is 2.60. The van der Waals surface area contributed by atoms with Crippen molar-refractivity contribution < 1.29 is 19.2 Å². The van der Waals surface area contributed by atoms with Crippen LogP contribution in [0.4, 0.5) is 0 Å². The van der Waals surface area contributed by atoms with Crippen LogP contribution in [0, 0.1) is 23.7 Å². The van der Waals surface area contributed by atoms with Crippen molar-refractivity contribution in [1.29, 1.82) is 0 Å². The van der Waals surface area contributed by atoms with Crippen LogP contribution < -0.4 is 4.74 Å². The second-order valence-corrected chi connectivity index (χ2v) is 15.2. The predicted molar refractivity (Wildman–Crippen MR) is 136 cm³/mol. The molecule has 4 nitrogen and oxygen atoms in total. The van der Waals surface area contributed by atoms with E-state index in [4.69, 9.17) is 14.4 Å². The quantitative estimate of drug-likeness (QED) is 0.260. The molecular formula is C24H39O4P3. The number of aliphatic carboxylic acids is 1. The molecule has 0 aliphatic heterocycles. The van der Waals surface area contributed by atoms with E-state index in [1.54, 1.807) is 0 Å². The lowest BCUT2D eigenvalue weighted by Gasteiger charge is -2.33. The van der Waals surface area contributed by atoms with Gasteiger partial charge in [-0.3, -0.25) is 0 Å². The fraction of sp³-hybridized carbons (Fsp3) is 0.708. The van der Waals surface area contributed by atoms with Crippen LogP contribution in [-0.2, 0) is 22.2 Å². The lowest BCUT2D eigenvalue weighted by molar-refractivity contribution is -0.139. The average molecular weight is 484 g/mol. The number of unbranched alkanes of at least 4 members (excludes halogenated alkanes) is 2. The number of rotatable bonds is 12. The van der Waals surface area contributed by atoms with Crippen LogP contribution in [0.2, 0.25) is 0 Å². The van der Waals surface area contributed by atoms with E-state index in [0.717, 1.165) is 42.8 Å². The molecule has 0 heterocycles. The Kier molecular flexibility index (Phi) is 10.0. The largest absolute Gasteiger partial charge is 0.482 e. The molecule has 0 radical (unpaired) electrons. The number of fused-ring (bicyclic) bond motifs is 2. The zero-order valence-corrected chi connectivity index (χ0v) is 22.2. The Labute approximate surface area is 193 Å². The zero-order valence-electron chi connectivity index (χ0n) is 19.0. The molecule has 7 heteroatoms. The van der Waals surface area contributed by atoms with Gasteiger partial charge in [0, 0.05) is 0 Å². The molecule has 0 bridgehead atoms. The topological polar surface area (TPSA) is 55.8 Å². The van der Waals surface area contributed by atoms with Gasteiger partial charge in [-0.05, 0) is 79.4 Å². The summed E-state index contributed by atoms with van der Waals surface area (Å²) in [6.07, 6.45) is 11.2. The van der Waals surface area contributed by atoms with Gasteiger partial charge in [-0.2, -0.15) is 0 Å². The van der Waals surface area contributed by atoms with Crippen molar-refractivity contribution >= 4 is 31.4 Å². The highest BCUT2D eigenvalue weighted by Crippen LogP contribution is 2.56. The molecule has 31 heavy (non-hydrogen) atoms. The first-order valence-electron chi connectivity index (χ1n) is 11.8. The van der Waals surface area contributed by atoms with Gasteiger partial charge in [-0.1, -0.05) is 63.1 Å². The van der Waals surface area contributed by atoms with E-state index in [1.807, 2.05) is 12.1 Å². The molecule has 174 valence electrons. The van der Waals surface area contributed by atoms with E-state index in [1.165, 1.54) is 49.7 Å². The number of carboxylic acids is 1. The molecule has 7 atom stereocenters. The number of benzene rings is 1. The average Bonchev–Trinajstić information content (AvgIpc) is 3.02. The van der Waals surface area contributed by atoms with Gasteiger partial charge < -0.3 is 14.4 Å². The summed E-state index contributed by atoms with van der Waals surface area (Å²) in [5.74, 6) is 2.74. The van der Waals surface area contributed by atoms with Crippen LogP contribution in [-0.4, -0.2) is 23.8 Å². The Balaban J connectivity index is 1.64. The first-order valence-corrected chi connectivity index (χ1v) is 16.3. The molecule has 2 aliphatic carbocycles. The fourth-order valence-corrected chi connectivity index (χ4v) is 7.49. The zero-order chi connectivity index (χ0) is 22.4. The second kappa shape index (κ2) is 12.3. The lowest BCUT2D eigenvalue weighted by atomic mass is 9.73. The molecule has 1 aromatic carbocycles. The molecule has 0 spiro atoms. The van der Waals surface area contributed by atoms with Crippen LogP contribution >= 0.6 is 25.4 Å². The molecule has 1 fully saturated rings. The maximum Gasteiger partial charge on any atom is 0.341 e. The van der Waals surface area contributed by atoms with Crippen LogP contribution in [0.3, 0.4) is 0 Å². The van der Waals surface area contributed by atoms with Gasteiger partial charge >= 0.3 is 5.97 Å². The van der Waals surface area contributed by atoms with E-state index in [0.29, 0.717) is 12.0 Å². The molecule has 2 aliphatic rings. The smallest absolute Gasteiger partial charge is 0.341 e. The van der Waals surface area contributed by atoms with Gasteiger partial charge in [-0.15, -0.1) is 0 Å². The van der Waals surface area contributed by atoms with Crippen molar-refractivity contribution in [3.8, 4) is 5.75 Å². The number of hydrogen-bond acceptors (Lipinski definition) is 3. The second-order valence-electron chi connectivity index (χ2n) is 9.45. The van der Waals surface area contributed by atoms with E-state index in [-0.39, 0.29) is 6.61 Å². The highest BCUT2D eigenvalue weighted by molar-refractivity contribution is 8.41. The third-order valence-electron chi connectivity index (χ3n) is 7.29. The van der Waals surface area contributed by atoms with Crippen molar-refractivity contribution in [2.75, 3.05) is 6.61 Å². The molecular weight excluding hydrogens is 445 g/mol. The van der Waals surface area contributed by atoms with Crippen molar-refractivity contribution in [2.45, 2.75) is 77.7 Å². The minimum atomic E-state index is -0.920. The van der Waals surface area contributed by atoms with Crippen molar-refractivity contribution in [1.82, 2.24) is 0 Å². The van der Waals surface area contributed by atoms with E-state index >= 15 is 0 Å². The van der Waals surface area contributed by atoms with Crippen LogP contribution in [0.5, 0.6) is 5.75 Å². The maximum absolute atomic E-state index is 10.9. The Hall–Kier alpha value is -0.260. The van der Waals surface area contributed by atoms with E-state index in [2.05, 4.69) is 37.8 Å². The monoisotopic (exact) mass is 484 g/mol. The summed E-state index contributed by atoms with van der Waals surface area (Å²) in [6.45, 7) is 4.42. The Morgan fingerprint density at radius 1 is 1.26 bits per heavy atom. The molecule has 1 N–H and O–H groups in total. The highest BCUT2D eigenvalue weighted by atomic mass is 32.4. The van der Waals surface area contributed by atoms with Crippen molar-refractivity contribution in [3.05, 3.63) is 29.3 Å². The summed E-state index contributed by atoms with van der Waals surface area (Å²) in [7, 11) is 5.15. The maximum atomic E-state index is 10.9. The predicted octanol–water partition coefficient (Wildman–Crippen LogP) is 6.86. The Morgan fingerprint density at radius 2 is 2.06 bits per heavy atom. The van der Waals surface area contributed by atoms with Gasteiger partial charge in [0.15, 0.2) is 6.61 Å². The third-order valence-corrected chi connectivity index (χ3v) is 8.56. The molecule has 1 saturated carbocycles. The van der Waals surface area contributed by atoms with Crippen LogP contribution in [0.15, 0.2) is 18.2 Å². The standard InChI is InChI=1S/C24H39O4P3/c1-3-4-5-8-19(28-31(29)30)10-11-20-16(2)12-18-14-22-17(13-21(18)20)7-6-9-23(22)27-15-24(25)26/h6-7,9,16,18-21H,3-5,8,10-15,29-30H2,1-2H3,(H,25,26)/t16-,18?,19+,20+,21+/m1/s1. The Bertz CT molecular complexity index is 727. The van der Waals surface area contributed by atoms with Gasteiger partial charge in [-0.25, -0.2) is 4.79 Å². The number of carboxylic acid groups (broad SMARTS) is 1. The highest BCUT2D eigenvalue weighted by Gasteiger charge is 2.43. The third kappa shape index (κ3) is 7.11. The van der Waals surface area contributed by atoms with Gasteiger partial charge in [0.05, 0.1) is 13.6 Å². The summed E-state index contributed by atoms with van der Waals surface area (Å²) in [4.78, 5) is 10.9. The van der Waals surface area contributed by atoms with E-state index in [9.17, 15) is 4.79 Å². The summed E-state index contributed by atoms with van der Waals surface area (Å²) in [5, 5.41) is 8.99. The first-order chi connectivity index (χ1) is 14.9. The minimum absolute atomic E-state index is 0.267. The SMILES string of the molecule is CCCCC[C@@H](CC[C@H]1[C@H](C)CC2Cc3c(cccc3OCC(=O)O)C[C@@H]21)OP(P)P. The summed E-state index contributed by atoms with van der Waals surface area (Å²) in [6, 6.07) is 6.16. The van der Waals surface area contributed by atoms with Crippen molar-refractivity contribution in [3.63, 3.8) is 0 Å². The van der Waals surface area contributed by atoms with Crippen LogP contribution in [0.25, 0.3) is 0 Å². The van der Waals surface area contributed by atoms with Crippen molar-refractivity contribution in [2.24, 2.45) is 23.7 Å². The molecule has 0 saturated heterocycles. The Morgan fingerprint density at radius 3 is 2.77 bits per heavy atom. The minimum Gasteiger partial charge on any atom is -0.482 e. The summed E-state index contributed by atoms with van der Waals surface area (Å²) < 4.78 is 11.9. The molecule has 0 amide bonds. The molecule has 0 aromatic heterocycles. The number of carbonyl (C=O) groups is 1. The molecule has 3 rings (SSSR count). The molecule has 1 aromatic rings. The molecule has 3 unspecified atom stereocenters. The number of hydrogen-bond donors (Lipinski definition) is 1. The van der Waals surface area contributed by atoms with Crippen LogP contribution in [0.1, 0.15) is 69.9 Å². The number of ether oxygens (including phenoxy) is 1. The lowest BCUT2D eigenvalue weighted by Crippen LogP contribution is -2.27. The fourth-order valence-electron chi connectivity index (χ4n) is 5.90. The first kappa shape index (κ1) is 25.4. The normalized spacial score (nSPS) is 25.8.